The number of nitrogens with two attached hydrogens (primary N) is 1. The highest BCUT2D eigenvalue weighted by molar-refractivity contribution is 5.98. The minimum absolute atomic E-state index is 0.264. The van der Waals surface area contributed by atoms with E-state index in [1.807, 2.05) is 6.92 Å². The molecule has 0 atom stereocenters. The molecule has 0 spiro atoms. The topological polar surface area (TPSA) is 107 Å². The van der Waals surface area contributed by atoms with E-state index in [1.54, 1.807) is 6.07 Å². The van der Waals surface area contributed by atoms with Crippen molar-refractivity contribution in [1.29, 1.82) is 0 Å². The van der Waals surface area contributed by atoms with Crippen LogP contribution in [0.25, 0.3) is 0 Å². The molecule has 0 aromatic carbocycles. The summed E-state index contributed by atoms with van der Waals surface area (Å²) < 4.78 is 4.81. The zero-order valence-corrected chi connectivity index (χ0v) is 9.88. The van der Waals surface area contributed by atoms with E-state index in [0.717, 1.165) is 5.69 Å². The van der Waals surface area contributed by atoms with Crippen LogP contribution in [0.2, 0.25) is 0 Å². The lowest BCUT2D eigenvalue weighted by molar-refractivity contribution is 0.0954. The maximum Gasteiger partial charge on any atom is 0.254 e. The van der Waals surface area contributed by atoms with Crippen LogP contribution in [-0.4, -0.2) is 27.6 Å². The molecule has 0 unspecified atom stereocenters. The van der Waals surface area contributed by atoms with Gasteiger partial charge in [0.05, 0.1) is 5.56 Å². The van der Waals surface area contributed by atoms with Crippen LogP contribution in [0.1, 0.15) is 21.9 Å². The number of rotatable bonds is 4. The summed E-state index contributed by atoms with van der Waals surface area (Å²) in [4.78, 5) is 19.7. The van der Waals surface area contributed by atoms with Crippen LogP contribution in [0, 0.1) is 6.92 Å². The van der Waals surface area contributed by atoms with Gasteiger partial charge in [0.2, 0.25) is 5.89 Å². The van der Waals surface area contributed by atoms with Crippen LogP contribution in [0.4, 0.5) is 5.69 Å². The number of nitrogens with one attached hydrogen (secondary N) is 1. The zero-order chi connectivity index (χ0) is 13.0. The summed E-state index contributed by atoms with van der Waals surface area (Å²) in [5.74, 6) is 0.213. The monoisotopic (exact) mass is 247 g/mol. The Morgan fingerprint density at radius 2 is 2.33 bits per heavy atom. The van der Waals surface area contributed by atoms with Crippen molar-refractivity contribution in [1.82, 2.24) is 20.4 Å². The summed E-state index contributed by atoms with van der Waals surface area (Å²) in [5, 5.41) is 6.18. The number of hydrogen-bond acceptors (Lipinski definition) is 6. The molecule has 2 aromatic heterocycles. The third-order valence-electron chi connectivity index (χ3n) is 2.35. The van der Waals surface area contributed by atoms with Gasteiger partial charge in [-0.2, -0.15) is 4.98 Å². The van der Waals surface area contributed by atoms with Gasteiger partial charge in [0.1, 0.15) is 0 Å². The second-order valence-corrected chi connectivity index (χ2v) is 3.75. The lowest BCUT2D eigenvalue weighted by atomic mass is 10.2. The molecule has 18 heavy (non-hydrogen) atoms. The van der Waals surface area contributed by atoms with E-state index in [1.165, 1.54) is 12.5 Å². The number of carbonyl (C=O) groups is 1. The van der Waals surface area contributed by atoms with Gasteiger partial charge in [0.25, 0.3) is 5.91 Å². The van der Waals surface area contributed by atoms with E-state index >= 15 is 0 Å². The van der Waals surface area contributed by atoms with Gasteiger partial charge in [-0.05, 0) is 13.0 Å². The van der Waals surface area contributed by atoms with Crippen LogP contribution >= 0.6 is 0 Å². The van der Waals surface area contributed by atoms with Gasteiger partial charge >= 0.3 is 0 Å². The lowest BCUT2D eigenvalue weighted by Crippen LogP contribution is -2.26. The van der Waals surface area contributed by atoms with Gasteiger partial charge in [-0.15, -0.1) is 0 Å². The van der Waals surface area contributed by atoms with Crippen LogP contribution in [0.3, 0.4) is 0 Å². The summed E-state index contributed by atoms with van der Waals surface area (Å²) in [6, 6.07) is 1.66. The Balaban J connectivity index is 1.91. The second-order valence-electron chi connectivity index (χ2n) is 3.75. The number of nitrogens with zero attached hydrogens (tertiary/aromatic N) is 3. The molecule has 0 aliphatic carbocycles. The Hall–Kier alpha value is -2.44. The fraction of sp³-hybridized carbons (Fsp3) is 0.273. The highest BCUT2D eigenvalue weighted by atomic mass is 16.5. The van der Waals surface area contributed by atoms with E-state index in [2.05, 4.69) is 20.4 Å². The Morgan fingerprint density at radius 3 is 3.00 bits per heavy atom. The molecule has 0 radical (unpaired) electrons. The van der Waals surface area contributed by atoms with Crippen molar-refractivity contribution >= 4 is 11.6 Å². The average molecular weight is 247 g/mol. The Morgan fingerprint density at radius 1 is 1.50 bits per heavy atom. The molecule has 94 valence electrons. The standard InChI is InChI=1S/C11H13N5O2/c1-7-4-9(12)8(5-14-7)11(17)13-3-2-10-15-6-16-18-10/h4-6H,2-3H2,1H3,(H2,12,14)(H,13,17). The highest BCUT2D eigenvalue weighted by Gasteiger charge is 2.10. The number of pyridine rings is 1. The molecule has 2 aromatic rings. The number of anilines is 1. The normalized spacial score (nSPS) is 10.3. The first-order valence-electron chi connectivity index (χ1n) is 5.42. The average Bonchev–Trinajstić information content (AvgIpc) is 2.81. The van der Waals surface area contributed by atoms with Crippen molar-refractivity contribution in [2.45, 2.75) is 13.3 Å². The number of hydrogen-bond donors (Lipinski definition) is 2. The molecule has 2 rings (SSSR count). The number of amides is 1. The van der Waals surface area contributed by atoms with Crippen molar-refractivity contribution in [3.05, 3.63) is 35.7 Å². The van der Waals surface area contributed by atoms with Crippen LogP contribution in [0.5, 0.6) is 0 Å². The number of carbonyl (C=O) groups excluding carboxylic acids is 1. The van der Waals surface area contributed by atoms with E-state index < -0.39 is 0 Å². The van der Waals surface area contributed by atoms with Gasteiger partial charge in [-0.1, -0.05) is 5.16 Å². The van der Waals surface area contributed by atoms with Gasteiger partial charge in [0, 0.05) is 30.5 Å². The first kappa shape index (κ1) is 12.0. The maximum atomic E-state index is 11.8. The quantitative estimate of drug-likeness (QED) is 0.806. The first-order chi connectivity index (χ1) is 8.66. The van der Waals surface area contributed by atoms with Crippen molar-refractivity contribution in [3.8, 4) is 0 Å². The molecule has 0 fully saturated rings. The van der Waals surface area contributed by atoms with Gasteiger partial charge < -0.3 is 15.6 Å². The van der Waals surface area contributed by atoms with Crippen LogP contribution < -0.4 is 11.1 Å². The molecule has 2 heterocycles. The van der Waals surface area contributed by atoms with Gasteiger partial charge in [-0.3, -0.25) is 9.78 Å². The molecule has 0 aliphatic heterocycles. The molecule has 7 heteroatoms. The fourth-order valence-corrected chi connectivity index (χ4v) is 1.46. The predicted octanol–water partition coefficient (Wildman–Crippen LogP) is 0.328. The molecule has 0 bridgehead atoms. The number of nitrogen functional groups attached to an aromatic ring is 1. The molecule has 0 saturated carbocycles. The molecule has 3 N–H and O–H groups in total. The molecular formula is C11H13N5O2. The number of aromatic nitrogens is 3. The van der Waals surface area contributed by atoms with E-state index in [-0.39, 0.29) is 5.91 Å². The third-order valence-corrected chi connectivity index (χ3v) is 2.35. The molecule has 0 saturated heterocycles. The van der Waals surface area contributed by atoms with Crippen LogP contribution in [-0.2, 0) is 6.42 Å². The lowest BCUT2D eigenvalue weighted by Gasteiger charge is -2.06. The molecular weight excluding hydrogens is 234 g/mol. The second kappa shape index (κ2) is 5.26. The van der Waals surface area contributed by atoms with Crippen LogP contribution in [0.15, 0.2) is 23.1 Å². The SMILES string of the molecule is Cc1cc(N)c(C(=O)NCCc2ncno2)cn1. The third kappa shape index (κ3) is 2.82. The maximum absolute atomic E-state index is 11.8. The van der Waals surface area contributed by atoms with E-state index in [4.69, 9.17) is 10.3 Å². The van der Waals surface area contributed by atoms with Crippen molar-refractivity contribution < 1.29 is 9.32 Å². The summed E-state index contributed by atoms with van der Waals surface area (Å²) in [5.41, 5.74) is 7.30. The van der Waals surface area contributed by atoms with Crippen molar-refractivity contribution in [3.63, 3.8) is 0 Å². The summed E-state index contributed by atoms with van der Waals surface area (Å²) in [6.45, 7) is 2.21. The Labute approximate surface area is 103 Å². The van der Waals surface area contributed by atoms with Crippen molar-refractivity contribution in [2.75, 3.05) is 12.3 Å². The zero-order valence-electron chi connectivity index (χ0n) is 9.88. The van der Waals surface area contributed by atoms with E-state index in [0.29, 0.717) is 30.1 Å². The summed E-state index contributed by atoms with van der Waals surface area (Å²) in [6.07, 6.45) is 3.26. The Kier molecular flexibility index (Phi) is 3.52. The fourth-order valence-electron chi connectivity index (χ4n) is 1.46. The minimum atomic E-state index is -0.264. The summed E-state index contributed by atoms with van der Waals surface area (Å²) in [7, 11) is 0. The first-order valence-corrected chi connectivity index (χ1v) is 5.42. The minimum Gasteiger partial charge on any atom is -0.398 e. The van der Waals surface area contributed by atoms with Gasteiger partial charge in [-0.25, -0.2) is 0 Å². The Bertz CT molecular complexity index is 538. The number of aryl methyl sites for hydroxylation is 1. The predicted molar refractivity (Wildman–Crippen MR) is 63.7 cm³/mol. The molecule has 7 nitrogen and oxygen atoms in total. The smallest absolute Gasteiger partial charge is 0.254 e. The van der Waals surface area contributed by atoms with E-state index in [9.17, 15) is 4.79 Å². The molecule has 1 amide bonds. The molecule has 0 aliphatic rings. The van der Waals surface area contributed by atoms with Gasteiger partial charge in [0.15, 0.2) is 6.33 Å². The summed E-state index contributed by atoms with van der Waals surface area (Å²) >= 11 is 0. The highest BCUT2D eigenvalue weighted by Crippen LogP contribution is 2.10. The van der Waals surface area contributed by atoms with Crippen molar-refractivity contribution in [2.24, 2.45) is 0 Å². The largest absolute Gasteiger partial charge is 0.398 e.